The maximum Gasteiger partial charge on any atom is 0.270 e. The van der Waals surface area contributed by atoms with E-state index in [9.17, 15) is 14.9 Å². The Morgan fingerprint density at radius 1 is 1.26 bits per heavy atom. The summed E-state index contributed by atoms with van der Waals surface area (Å²) >= 11 is 5.98. The van der Waals surface area contributed by atoms with Crippen LogP contribution in [0, 0.1) is 10.1 Å². The van der Waals surface area contributed by atoms with Gasteiger partial charge in [-0.25, -0.2) is 0 Å². The largest absolute Gasteiger partial charge is 0.345 e. The molecule has 0 spiro atoms. The van der Waals surface area contributed by atoms with E-state index in [0.29, 0.717) is 0 Å². The molecule has 0 aliphatic rings. The first kappa shape index (κ1) is 17.0. The van der Waals surface area contributed by atoms with Crippen molar-refractivity contribution in [2.45, 2.75) is 26.3 Å². The Labute approximate surface area is 139 Å². The predicted molar refractivity (Wildman–Crippen MR) is 89.8 cm³/mol. The number of nitrogens with one attached hydrogen (secondary N) is 1. The van der Waals surface area contributed by atoms with Crippen LogP contribution in [-0.4, -0.2) is 10.8 Å². The molecule has 6 heteroatoms. The van der Waals surface area contributed by atoms with Crippen molar-refractivity contribution in [3.63, 3.8) is 0 Å². The van der Waals surface area contributed by atoms with Gasteiger partial charge in [0.2, 0.25) is 0 Å². The molecule has 0 radical (unpaired) electrons. The van der Waals surface area contributed by atoms with Gasteiger partial charge >= 0.3 is 0 Å². The SMILES string of the molecule is CCc1ccc([C@@H](C)NC(=O)c2cc([N+](=O)[O-])ccc2Cl)cc1. The Hall–Kier alpha value is -2.40. The minimum Gasteiger partial charge on any atom is -0.345 e. The van der Waals surface area contributed by atoms with Gasteiger partial charge in [-0.2, -0.15) is 0 Å². The van der Waals surface area contributed by atoms with E-state index in [4.69, 9.17) is 11.6 Å². The molecule has 0 heterocycles. The highest BCUT2D eigenvalue weighted by Crippen LogP contribution is 2.23. The lowest BCUT2D eigenvalue weighted by Crippen LogP contribution is -2.27. The van der Waals surface area contributed by atoms with Crippen molar-refractivity contribution in [2.24, 2.45) is 0 Å². The number of nitro groups is 1. The Balaban J connectivity index is 2.17. The number of hydrogen-bond acceptors (Lipinski definition) is 3. The summed E-state index contributed by atoms with van der Waals surface area (Å²) in [6.45, 7) is 3.93. The monoisotopic (exact) mass is 332 g/mol. The van der Waals surface area contributed by atoms with E-state index in [2.05, 4.69) is 12.2 Å². The summed E-state index contributed by atoms with van der Waals surface area (Å²) in [5.74, 6) is -0.439. The lowest BCUT2D eigenvalue weighted by molar-refractivity contribution is -0.384. The number of nitro benzene ring substituents is 1. The van der Waals surface area contributed by atoms with Crippen molar-refractivity contribution in [3.8, 4) is 0 Å². The van der Waals surface area contributed by atoms with E-state index in [1.54, 1.807) is 0 Å². The average Bonchev–Trinajstić information content (AvgIpc) is 2.54. The molecule has 0 saturated carbocycles. The number of benzene rings is 2. The molecule has 2 rings (SSSR count). The molecule has 1 amide bonds. The van der Waals surface area contributed by atoms with Crippen molar-refractivity contribution in [3.05, 3.63) is 74.3 Å². The van der Waals surface area contributed by atoms with Crippen LogP contribution in [0.15, 0.2) is 42.5 Å². The number of nitrogens with zero attached hydrogens (tertiary/aromatic N) is 1. The van der Waals surface area contributed by atoms with Crippen molar-refractivity contribution in [1.29, 1.82) is 0 Å². The number of halogens is 1. The molecule has 0 aliphatic carbocycles. The normalized spacial score (nSPS) is 11.8. The Bertz CT molecular complexity index is 729. The third kappa shape index (κ3) is 4.07. The second-order valence-electron chi connectivity index (χ2n) is 5.21. The quantitative estimate of drug-likeness (QED) is 0.655. The molecule has 5 nitrogen and oxygen atoms in total. The maximum absolute atomic E-state index is 12.3. The number of non-ortho nitro benzene ring substituents is 1. The maximum atomic E-state index is 12.3. The summed E-state index contributed by atoms with van der Waals surface area (Å²) < 4.78 is 0. The highest BCUT2D eigenvalue weighted by molar-refractivity contribution is 6.33. The summed E-state index contributed by atoms with van der Waals surface area (Å²) in [7, 11) is 0. The topological polar surface area (TPSA) is 72.2 Å². The summed E-state index contributed by atoms with van der Waals surface area (Å²) in [6, 6.07) is 11.5. The van der Waals surface area contributed by atoms with Gasteiger partial charge in [0.15, 0.2) is 0 Å². The summed E-state index contributed by atoms with van der Waals surface area (Å²) in [5, 5.41) is 13.8. The van der Waals surface area contributed by atoms with Crippen LogP contribution in [0.5, 0.6) is 0 Å². The van der Waals surface area contributed by atoms with Crippen LogP contribution in [0.4, 0.5) is 5.69 Å². The number of carbonyl (C=O) groups excluding carboxylic acids is 1. The molecule has 0 aromatic heterocycles. The van der Waals surface area contributed by atoms with Crippen molar-refractivity contribution < 1.29 is 9.72 Å². The van der Waals surface area contributed by atoms with Gasteiger partial charge in [0, 0.05) is 12.1 Å². The van der Waals surface area contributed by atoms with Crippen LogP contribution in [0.2, 0.25) is 5.02 Å². The van der Waals surface area contributed by atoms with Gasteiger partial charge < -0.3 is 5.32 Å². The molecule has 1 atom stereocenters. The van der Waals surface area contributed by atoms with E-state index < -0.39 is 10.8 Å². The first-order valence-electron chi connectivity index (χ1n) is 7.26. The van der Waals surface area contributed by atoms with Crippen molar-refractivity contribution in [1.82, 2.24) is 5.32 Å². The van der Waals surface area contributed by atoms with Crippen molar-refractivity contribution in [2.75, 3.05) is 0 Å². The van der Waals surface area contributed by atoms with Gasteiger partial charge in [-0.05, 0) is 30.5 Å². The number of aryl methyl sites for hydroxylation is 1. The number of carbonyl (C=O) groups is 1. The summed E-state index contributed by atoms with van der Waals surface area (Å²) in [4.78, 5) is 22.6. The predicted octanol–water partition coefficient (Wildman–Crippen LogP) is 4.30. The molecule has 2 aromatic rings. The number of hydrogen-bond donors (Lipinski definition) is 1. The minimum atomic E-state index is -0.556. The molecular formula is C17H17ClN2O3. The molecular weight excluding hydrogens is 316 g/mol. The highest BCUT2D eigenvalue weighted by atomic mass is 35.5. The van der Waals surface area contributed by atoms with Crippen LogP contribution in [-0.2, 0) is 6.42 Å². The summed E-state index contributed by atoms with van der Waals surface area (Å²) in [6.07, 6.45) is 0.949. The fourth-order valence-corrected chi connectivity index (χ4v) is 2.40. The Kier molecular flexibility index (Phi) is 5.34. The zero-order valence-corrected chi connectivity index (χ0v) is 13.6. The second-order valence-corrected chi connectivity index (χ2v) is 5.62. The molecule has 0 unspecified atom stereocenters. The zero-order valence-electron chi connectivity index (χ0n) is 12.9. The summed E-state index contributed by atoms with van der Waals surface area (Å²) in [5.41, 5.74) is 2.10. The van der Waals surface area contributed by atoms with E-state index in [1.165, 1.54) is 23.8 Å². The minimum absolute atomic E-state index is 0.0953. The average molecular weight is 333 g/mol. The molecule has 0 saturated heterocycles. The Morgan fingerprint density at radius 3 is 2.48 bits per heavy atom. The van der Waals surface area contributed by atoms with Gasteiger partial charge in [-0.15, -0.1) is 0 Å². The van der Waals surface area contributed by atoms with Crippen LogP contribution in [0.25, 0.3) is 0 Å². The molecule has 0 aliphatic heterocycles. The highest BCUT2D eigenvalue weighted by Gasteiger charge is 2.18. The second kappa shape index (κ2) is 7.24. The molecule has 0 bridgehead atoms. The lowest BCUT2D eigenvalue weighted by atomic mass is 10.0. The third-order valence-corrected chi connectivity index (χ3v) is 3.97. The molecule has 2 aromatic carbocycles. The fraction of sp³-hybridized carbons (Fsp3) is 0.235. The third-order valence-electron chi connectivity index (χ3n) is 3.64. The van der Waals surface area contributed by atoms with Crippen LogP contribution >= 0.6 is 11.6 Å². The van der Waals surface area contributed by atoms with Crippen LogP contribution in [0.1, 0.15) is 41.4 Å². The number of rotatable bonds is 5. The van der Waals surface area contributed by atoms with E-state index in [-0.39, 0.29) is 22.3 Å². The van der Waals surface area contributed by atoms with Crippen molar-refractivity contribution >= 4 is 23.2 Å². The van der Waals surface area contributed by atoms with E-state index in [0.717, 1.165) is 12.0 Å². The molecule has 1 N–H and O–H groups in total. The van der Waals surface area contributed by atoms with Crippen LogP contribution in [0.3, 0.4) is 0 Å². The fourth-order valence-electron chi connectivity index (χ4n) is 2.20. The van der Waals surface area contributed by atoms with E-state index >= 15 is 0 Å². The molecule has 0 fully saturated rings. The van der Waals surface area contributed by atoms with Gasteiger partial charge in [-0.1, -0.05) is 42.8 Å². The van der Waals surface area contributed by atoms with Gasteiger partial charge in [0.05, 0.1) is 21.6 Å². The molecule has 120 valence electrons. The van der Waals surface area contributed by atoms with Gasteiger partial charge in [-0.3, -0.25) is 14.9 Å². The smallest absolute Gasteiger partial charge is 0.270 e. The van der Waals surface area contributed by atoms with E-state index in [1.807, 2.05) is 31.2 Å². The van der Waals surface area contributed by atoms with Crippen LogP contribution < -0.4 is 5.32 Å². The van der Waals surface area contributed by atoms with Gasteiger partial charge in [0.1, 0.15) is 0 Å². The number of amides is 1. The van der Waals surface area contributed by atoms with Gasteiger partial charge in [0.25, 0.3) is 11.6 Å². The molecule has 23 heavy (non-hydrogen) atoms. The zero-order chi connectivity index (χ0) is 17.0. The first-order chi connectivity index (χ1) is 10.9. The Morgan fingerprint density at radius 2 is 1.91 bits per heavy atom. The lowest BCUT2D eigenvalue weighted by Gasteiger charge is -2.15. The first-order valence-corrected chi connectivity index (χ1v) is 7.63. The standard InChI is InChI=1S/C17H17ClN2O3/c1-3-12-4-6-13(7-5-12)11(2)19-17(21)15-10-14(20(22)23)8-9-16(15)18/h4-11H,3H2,1-2H3,(H,19,21)/t11-/m1/s1.